The van der Waals surface area contributed by atoms with Crippen LogP contribution in [0.2, 0.25) is 0 Å². The van der Waals surface area contributed by atoms with Gasteiger partial charge in [-0.1, -0.05) is 164 Å². The lowest BCUT2D eigenvalue weighted by Gasteiger charge is -2.20. The van der Waals surface area contributed by atoms with Crippen molar-refractivity contribution in [2.24, 2.45) is 11.8 Å². The van der Waals surface area contributed by atoms with E-state index in [4.69, 9.17) is 0 Å². The molecular weight excluding hydrogens is 525 g/mol. The number of hydrogen-bond donors (Lipinski definition) is 0. The normalized spacial score (nSPS) is 19.6. The van der Waals surface area contributed by atoms with Gasteiger partial charge in [-0.25, -0.2) is 13.2 Å². The zero-order chi connectivity index (χ0) is 30.7. The zero-order valence-corrected chi connectivity index (χ0v) is 26.6. The first-order valence-corrected chi connectivity index (χ1v) is 16.4. The van der Waals surface area contributed by atoms with Gasteiger partial charge in [-0.2, -0.15) is 0 Å². The third-order valence-corrected chi connectivity index (χ3v) is 7.65. The van der Waals surface area contributed by atoms with Crippen molar-refractivity contribution < 1.29 is 13.2 Å². The molecule has 0 heterocycles. The van der Waals surface area contributed by atoms with Gasteiger partial charge in [-0.3, -0.25) is 0 Å². The summed E-state index contributed by atoms with van der Waals surface area (Å²) in [6.07, 6.45) is 19.9. The fourth-order valence-electron chi connectivity index (χ4n) is 5.13. The van der Waals surface area contributed by atoms with E-state index in [1.165, 1.54) is 101 Å². The molecule has 3 fully saturated rings. The highest BCUT2D eigenvalue weighted by Gasteiger charge is 2.16. The van der Waals surface area contributed by atoms with Crippen LogP contribution in [0.4, 0.5) is 13.2 Å². The molecule has 2 atom stereocenters. The minimum Gasteiger partial charge on any atom is -0.247 e. The monoisotopic (exact) mass is 582 g/mol. The summed E-state index contributed by atoms with van der Waals surface area (Å²) in [6.45, 7) is 6.36. The predicted octanol–water partition coefficient (Wildman–Crippen LogP) is 13.1. The van der Waals surface area contributed by atoms with Crippen LogP contribution in [0.5, 0.6) is 0 Å². The molecule has 0 saturated heterocycles. The Morgan fingerprint density at radius 3 is 1.19 bits per heavy atom. The van der Waals surface area contributed by atoms with E-state index in [1.807, 2.05) is 49.4 Å². The molecule has 0 spiro atoms. The summed E-state index contributed by atoms with van der Waals surface area (Å²) in [4.78, 5) is 0. The van der Waals surface area contributed by atoms with E-state index in [9.17, 15) is 13.2 Å². The minimum atomic E-state index is -0.487. The Balaban J connectivity index is 0.000000253. The lowest BCUT2D eigenvalue weighted by Crippen LogP contribution is -2.12. The highest BCUT2D eigenvalue weighted by Crippen LogP contribution is 2.25. The van der Waals surface area contributed by atoms with Crippen LogP contribution < -0.4 is 0 Å². The average molecular weight is 583 g/mol. The Morgan fingerprint density at radius 1 is 0.476 bits per heavy atom. The molecule has 6 rings (SSSR count). The van der Waals surface area contributed by atoms with Crippen molar-refractivity contribution in [2.75, 3.05) is 0 Å². The first-order chi connectivity index (χ1) is 20.4. The second-order valence-corrected chi connectivity index (χ2v) is 12.0. The van der Waals surface area contributed by atoms with Crippen molar-refractivity contribution in [3.63, 3.8) is 0 Å². The van der Waals surface area contributed by atoms with Crippen LogP contribution in [0.3, 0.4) is 0 Å². The molecule has 3 aromatic carbocycles. The van der Waals surface area contributed by atoms with Gasteiger partial charge in [-0.05, 0) is 61.4 Å². The highest BCUT2D eigenvalue weighted by atomic mass is 19.1. The van der Waals surface area contributed by atoms with Gasteiger partial charge < -0.3 is 0 Å². The summed E-state index contributed by atoms with van der Waals surface area (Å²) in [6, 6.07) is 26.4. The van der Waals surface area contributed by atoms with Gasteiger partial charge in [0.2, 0.25) is 0 Å². The molecule has 0 amide bonds. The quantitative estimate of drug-likeness (QED) is 0.247. The van der Waals surface area contributed by atoms with E-state index in [0.717, 1.165) is 30.7 Å². The van der Waals surface area contributed by atoms with Crippen molar-refractivity contribution >= 4 is 0 Å². The molecule has 0 N–H and O–H groups in total. The van der Waals surface area contributed by atoms with Crippen LogP contribution in [-0.4, -0.2) is 6.17 Å². The molecule has 3 saturated carbocycles. The molecule has 3 aliphatic rings. The van der Waals surface area contributed by atoms with Gasteiger partial charge in [-0.15, -0.1) is 0 Å². The Morgan fingerprint density at radius 2 is 0.905 bits per heavy atom. The summed E-state index contributed by atoms with van der Waals surface area (Å²) in [5.41, 5.74) is 0.963. The molecule has 3 aromatic rings. The Bertz CT molecular complexity index is 886. The van der Waals surface area contributed by atoms with Crippen molar-refractivity contribution in [1.29, 1.82) is 0 Å². The molecule has 2 unspecified atom stereocenters. The summed E-state index contributed by atoms with van der Waals surface area (Å²) in [5, 5.41) is 0. The third kappa shape index (κ3) is 24.1. The van der Waals surface area contributed by atoms with E-state index >= 15 is 0 Å². The fourth-order valence-corrected chi connectivity index (χ4v) is 5.13. The number of alkyl halides is 1. The van der Waals surface area contributed by atoms with Crippen molar-refractivity contribution in [1.82, 2.24) is 0 Å². The minimum absolute atomic E-state index is 0.162. The lowest BCUT2D eigenvalue weighted by atomic mass is 9.90. The second kappa shape index (κ2) is 26.1. The SMILES string of the molecule is C1CCCCC1.CC1CCCC(F)C1.CC1CCCCC1.Cc1cccc(F)c1.Fc1ccccc1.c1ccccc1. The largest absolute Gasteiger partial charge is 0.247 e. The molecular formula is C39H57F3. The number of halogens is 3. The number of hydrogen-bond acceptors (Lipinski definition) is 0. The molecule has 3 aliphatic carbocycles. The summed E-state index contributed by atoms with van der Waals surface area (Å²) in [5.74, 6) is 1.33. The number of aryl methyl sites for hydroxylation is 1. The molecule has 0 nitrogen and oxygen atoms in total. The topological polar surface area (TPSA) is 0 Å². The lowest BCUT2D eigenvalue weighted by molar-refractivity contribution is 0.208. The molecule has 234 valence electrons. The molecule has 42 heavy (non-hydrogen) atoms. The van der Waals surface area contributed by atoms with Crippen LogP contribution in [0.1, 0.15) is 116 Å². The van der Waals surface area contributed by atoms with Gasteiger partial charge in [0.15, 0.2) is 0 Å². The van der Waals surface area contributed by atoms with Gasteiger partial charge in [0.1, 0.15) is 17.8 Å². The maximum atomic E-state index is 12.4. The average Bonchev–Trinajstić information content (AvgIpc) is 3.01. The number of benzene rings is 3. The highest BCUT2D eigenvalue weighted by molar-refractivity contribution is 5.13. The van der Waals surface area contributed by atoms with E-state index in [0.29, 0.717) is 5.92 Å². The third-order valence-electron chi connectivity index (χ3n) is 7.65. The maximum Gasteiger partial charge on any atom is 0.123 e. The second-order valence-electron chi connectivity index (χ2n) is 12.0. The molecule has 0 aromatic heterocycles. The maximum absolute atomic E-state index is 12.4. The van der Waals surface area contributed by atoms with Gasteiger partial charge in [0.25, 0.3) is 0 Å². The van der Waals surface area contributed by atoms with Crippen LogP contribution >= 0.6 is 0 Å². The molecule has 0 radical (unpaired) electrons. The summed E-state index contributed by atoms with van der Waals surface area (Å²) >= 11 is 0. The van der Waals surface area contributed by atoms with Gasteiger partial charge in [0, 0.05) is 0 Å². The molecule has 0 aliphatic heterocycles. The van der Waals surface area contributed by atoms with Gasteiger partial charge in [0.05, 0.1) is 0 Å². The first kappa shape index (κ1) is 37.5. The zero-order valence-electron chi connectivity index (χ0n) is 26.6. The Hall–Kier alpha value is -2.55. The van der Waals surface area contributed by atoms with Crippen LogP contribution in [0.25, 0.3) is 0 Å². The standard InChI is InChI=1S/C7H13F.C7H7F.C7H14.C6H5F.C6H12.C6H6/c2*1-6-3-2-4-7(8)5-6;1-7-5-3-2-4-6-7;7-6-4-2-1-3-5-6;2*1-2-4-6-5-3-1/h6-7H,2-5H2,1H3;2-5H,1H3;7H,2-6H2,1H3;1-5H;1-6H2;1-6H. The number of rotatable bonds is 0. The first-order valence-electron chi connectivity index (χ1n) is 16.4. The van der Waals surface area contributed by atoms with Crippen molar-refractivity contribution in [2.45, 2.75) is 123 Å². The van der Waals surface area contributed by atoms with Crippen molar-refractivity contribution in [3.05, 3.63) is 108 Å². The van der Waals surface area contributed by atoms with Gasteiger partial charge >= 0.3 is 0 Å². The predicted molar refractivity (Wildman–Crippen MR) is 176 cm³/mol. The van der Waals surface area contributed by atoms with E-state index in [2.05, 4.69) is 13.8 Å². The van der Waals surface area contributed by atoms with E-state index < -0.39 is 6.17 Å². The summed E-state index contributed by atoms with van der Waals surface area (Å²) in [7, 11) is 0. The smallest absolute Gasteiger partial charge is 0.123 e. The molecule has 0 bridgehead atoms. The van der Waals surface area contributed by atoms with Crippen LogP contribution in [-0.2, 0) is 0 Å². The Kier molecular flexibility index (Phi) is 23.3. The van der Waals surface area contributed by atoms with Crippen LogP contribution in [0.15, 0.2) is 91.0 Å². The van der Waals surface area contributed by atoms with Crippen LogP contribution in [0, 0.1) is 30.4 Å². The fraction of sp³-hybridized carbons (Fsp3) is 0.538. The van der Waals surface area contributed by atoms with E-state index in [1.54, 1.807) is 24.3 Å². The molecule has 3 heteroatoms. The van der Waals surface area contributed by atoms with E-state index in [-0.39, 0.29) is 11.6 Å². The summed E-state index contributed by atoms with van der Waals surface area (Å²) < 4.78 is 36.5. The Labute approximate surface area is 256 Å². The van der Waals surface area contributed by atoms with Crippen molar-refractivity contribution in [3.8, 4) is 0 Å².